The summed E-state index contributed by atoms with van der Waals surface area (Å²) < 4.78 is 18.9. The van der Waals surface area contributed by atoms with E-state index in [-0.39, 0.29) is 23.5 Å². The quantitative estimate of drug-likeness (QED) is 0.564. The van der Waals surface area contributed by atoms with Crippen molar-refractivity contribution in [2.45, 2.75) is 39.3 Å². The molecule has 2 aliphatic rings. The number of hydrogen-bond donors (Lipinski definition) is 1. The van der Waals surface area contributed by atoms with Crippen LogP contribution in [0.25, 0.3) is 0 Å². The van der Waals surface area contributed by atoms with Gasteiger partial charge in [0.2, 0.25) is 5.91 Å². The van der Waals surface area contributed by atoms with Crippen LogP contribution in [0.1, 0.15) is 32.3 Å². The monoisotopic (exact) mass is 419 g/mol. The first-order valence-corrected chi connectivity index (χ1v) is 10.9. The molecular weight excluding hydrogens is 385 g/mol. The second-order valence-corrected chi connectivity index (χ2v) is 7.87. The van der Waals surface area contributed by atoms with E-state index in [1.165, 1.54) is 13.2 Å². The van der Waals surface area contributed by atoms with Gasteiger partial charge in [-0.15, -0.1) is 0 Å². The summed E-state index contributed by atoms with van der Waals surface area (Å²) in [6.07, 6.45) is 2.24. The van der Waals surface area contributed by atoms with Crippen LogP contribution in [0.4, 0.5) is 4.39 Å². The van der Waals surface area contributed by atoms with Crippen molar-refractivity contribution in [2.24, 2.45) is 4.99 Å². The molecule has 2 aliphatic heterocycles. The summed E-state index contributed by atoms with van der Waals surface area (Å²) in [7, 11) is 1.46. The molecule has 0 radical (unpaired) electrons. The smallest absolute Gasteiger partial charge is 0.239 e. The second kappa shape index (κ2) is 10.6. The summed E-state index contributed by atoms with van der Waals surface area (Å²) in [6, 6.07) is 4.85. The fourth-order valence-corrected chi connectivity index (χ4v) is 4.08. The summed E-state index contributed by atoms with van der Waals surface area (Å²) in [6.45, 7) is 10.3. The molecule has 1 N–H and O–H groups in total. The Morgan fingerprint density at radius 2 is 1.87 bits per heavy atom. The molecule has 0 saturated carbocycles. The van der Waals surface area contributed by atoms with E-state index in [1.807, 2.05) is 24.8 Å². The molecule has 8 heteroatoms. The molecule has 0 spiro atoms. The minimum absolute atomic E-state index is 0.0768. The minimum atomic E-state index is -0.375. The van der Waals surface area contributed by atoms with Crippen molar-refractivity contribution in [2.75, 3.05) is 52.9 Å². The highest BCUT2D eigenvalue weighted by atomic mass is 19.1. The van der Waals surface area contributed by atoms with E-state index >= 15 is 0 Å². The zero-order valence-electron chi connectivity index (χ0n) is 18.4. The number of nitrogens with one attached hydrogen (secondary N) is 1. The van der Waals surface area contributed by atoms with E-state index in [0.717, 1.165) is 70.2 Å². The van der Waals surface area contributed by atoms with Crippen LogP contribution in [0.3, 0.4) is 0 Å². The maximum absolute atomic E-state index is 13.9. The normalized spacial score (nSPS) is 19.1. The number of nitrogens with zero attached hydrogens (tertiary/aromatic N) is 4. The Kier molecular flexibility index (Phi) is 7.90. The number of likely N-dealkylation sites (tertiary alicyclic amines) is 1. The first-order valence-electron chi connectivity index (χ1n) is 10.9. The SMILES string of the molecule is CCNC(=NCc1ccc(OC)c(F)c1)N1CCN(C(C)C(=O)N2CCCC2)CC1. The van der Waals surface area contributed by atoms with Crippen LogP contribution in [0, 0.1) is 5.82 Å². The predicted octanol–water partition coefficient (Wildman–Crippen LogP) is 1.93. The molecule has 1 aromatic rings. The average Bonchev–Trinajstić information content (AvgIpc) is 3.31. The van der Waals surface area contributed by atoms with Crippen molar-refractivity contribution in [1.29, 1.82) is 0 Å². The first-order chi connectivity index (χ1) is 14.5. The Morgan fingerprint density at radius 1 is 1.17 bits per heavy atom. The molecule has 2 heterocycles. The molecule has 1 atom stereocenters. The van der Waals surface area contributed by atoms with Gasteiger partial charge in [-0.05, 0) is 44.4 Å². The highest BCUT2D eigenvalue weighted by Gasteiger charge is 2.30. The van der Waals surface area contributed by atoms with Gasteiger partial charge in [-0.1, -0.05) is 6.07 Å². The lowest BCUT2D eigenvalue weighted by atomic mass is 10.2. The number of ether oxygens (including phenoxy) is 1. The maximum atomic E-state index is 13.9. The Labute approximate surface area is 178 Å². The molecule has 30 heavy (non-hydrogen) atoms. The van der Waals surface area contributed by atoms with Crippen molar-refractivity contribution >= 4 is 11.9 Å². The highest BCUT2D eigenvalue weighted by molar-refractivity contribution is 5.82. The molecule has 3 rings (SSSR count). The summed E-state index contributed by atoms with van der Waals surface area (Å²) in [5.41, 5.74) is 0.798. The molecule has 0 aromatic heterocycles. The van der Waals surface area contributed by atoms with E-state index < -0.39 is 0 Å². The van der Waals surface area contributed by atoms with Crippen molar-refractivity contribution in [3.63, 3.8) is 0 Å². The number of piperazine rings is 1. The molecular formula is C22H34FN5O2. The topological polar surface area (TPSA) is 60.4 Å². The van der Waals surface area contributed by atoms with Gasteiger partial charge in [0.1, 0.15) is 0 Å². The Bertz CT molecular complexity index is 743. The first kappa shape index (κ1) is 22.3. The molecule has 0 bridgehead atoms. The van der Waals surface area contributed by atoms with Gasteiger partial charge >= 0.3 is 0 Å². The summed E-state index contributed by atoms with van der Waals surface area (Å²) in [5, 5.41) is 3.34. The van der Waals surface area contributed by atoms with E-state index in [0.29, 0.717) is 6.54 Å². The summed E-state index contributed by atoms with van der Waals surface area (Å²) >= 11 is 0. The van der Waals surface area contributed by atoms with Gasteiger partial charge in [0.25, 0.3) is 0 Å². The molecule has 2 saturated heterocycles. The van der Waals surface area contributed by atoms with Crippen molar-refractivity contribution in [1.82, 2.24) is 20.0 Å². The van der Waals surface area contributed by atoms with Gasteiger partial charge in [-0.3, -0.25) is 9.69 Å². The van der Waals surface area contributed by atoms with Crippen LogP contribution >= 0.6 is 0 Å². The zero-order valence-corrected chi connectivity index (χ0v) is 18.4. The van der Waals surface area contributed by atoms with Crippen LogP contribution in [0.2, 0.25) is 0 Å². The van der Waals surface area contributed by atoms with Gasteiger partial charge in [0.05, 0.1) is 19.7 Å². The van der Waals surface area contributed by atoms with Crippen molar-refractivity contribution in [3.05, 3.63) is 29.6 Å². The highest BCUT2D eigenvalue weighted by Crippen LogP contribution is 2.18. The molecule has 166 valence electrons. The Balaban J connectivity index is 1.57. The lowest BCUT2D eigenvalue weighted by molar-refractivity contribution is -0.135. The minimum Gasteiger partial charge on any atom is -0.494 e. The molecule has 1 amide bonds. The predicted molar refractivity (Wildman–Crippen MR) is 116 cm³/mol. The van der Waals surface area contributed by atoms with E-state index in [1.54, 1.807) is 6.07 Å². The second-order valence-electron chi connectivity index (χ2n) is 7.87. The number of guanidine groups is 1. The number of amides is 1. The van der Waals surface area contributed by atoms with E-state index in [2.05, 4.69) is 15.1 Å². The van der Waals surface area contributed by atoms with Gasteiger partial charge in [-0.2, -0.15) is 0 Å². The number of benzene rings is 1. The summed E-state index contributed by atoms with van der Waals surface area (Å²) in [5.74, 6) is 0.943. The van der Waals surface area contributed by atoms with Crippen LogP contribution in [0.5, 0.6) is 5.75 Å². The van der Waals surface area contributed by atoms with Crippen molar-refractivity contribution < 1.29 is 13.9 Å². The number of hydrogen-bond acceptors (Lipinski definition) is 4. The standard InChI is InChI=1S/C22H34FN5O2/c1-4-24-22(25-16-18-7-8-20(30-3)19(23)15-18)28-13-11-26(12-14-28)17(2)21(29)27-9-5-6-10-27/h7-8,15,17H,4-6,9-14,16H2,1-3H3,(H,24,25). The number of carbonyl (C=O) groups is 1. The van der Waals surface area contributed by atoms with Crippen LogP contribution in [-0.2, 0) is 11.3 Å². The number of rotatable bonds is 6. The third-order valence-electron chi connectivity index (χ3n) is 5.90. The lowest BCUT2D eigenvalue weighted by Gasteiger charge is -2.39. The summed E-state index contributed by atoms with van der Waals surface area (Å²) in [4.78, 5) is 23.9. The fraction of sp³-hybridized carbons (Fsp3) is 0.636. The van der Waals surface area contributed by atoms with Gasteiger partial charge in [0, 0.05) is 45.8 Å². The fourth-order valence-electron chi connectivity index (χ4n) is 4.08. The zero-order chi connectivity index (χ0) is 21.5. The van der Waals surface area contributed by atoms with Crippen LogP contribution in [0.15, 0.2) is 23.2 Å². The van der Waals surface area contributed by atoms with E-state index in [4.69, 9.17) is 9.73 Å². The van der Waals surface area contributed by atoms with Gasteiger partial charge in [0.15, 0.2) is 17.5 Å². The van der Waals surface area contributed by atoms with E-state index in [9.17, 15) is 9.18 Å². The van der Waals surface area contributed by atoms with Crippen LogP contribution < -0.4 is 10.1 Å². The maximum Gasteiger partial charge on any atom is 0.239 e. The molecule has 7 nitrogen and oxygen atoms in total. The molecule has 0 aliphatic carbocycles. The molecule has 2 fully saturated rings. The van der Waals surface area contributed by atoms with Crippen molar-refractivity contribution in [3.8, 4) is 5.75 Å². The Morgan fingerprint density at radius 3 is 2.47 bits per heavy atom. The van der Waals surface area contributed by atoms with Crippen LogP contribution in [-0.4, -0.2) is 85.5 Å². The Hall–Kier alpha value is -2.35. The number of halogens is 1. The largest absolute Gasteiger partial charge is 0.494 e. The third-order valence-corrected chi connectivity index (χ3v) is 5.90. The van der Waals surface area contributed by atoms with Gasteiger partial charge in [-0.25, -0.2) is 9.38 Å². The lowest BCUT2D eigenvalue weighted by Crippen LogP contribution is -2.57. The number of methoxy groups -OCH3 is 1. The number of carbonyl (C=O) groups excluding carboxylic acids is 1. The average molecular weight is 420 g/mol. The van der Waals surface area contributed by atoms with Gasteiger partial charge < -0.3 is 19.9 Å². The number of aliphatic imine (C=N–C) groups is 1. The molecule has 1 aromatic carbocycles. The molecule has 1 unspecified atom stereocenters. The third kappa shape index (κ3) is 5.41.